The average Bonchev–Trinajstić information content (AvgIpc) is 3.08. The number of carbonyl (C=O) groups excluding carboxylic acids is 1. The van der Waals surface area contributed by atoms with Gasteiger partial charge in [0.15, 0.2) is 0 Å². The molecule has 4 heteroatoms. The molecule has 2 rings (SSSR count). The van der Waals surface area contributed by atoms with Crippen molar-refractivity contribution in [3.8, 4) is 0 Å². The minimum Gasteiger partial charge on any atom is -0.369 e. The topological polar surface area (TPSA) is 32.3 Å². The van der Waals surface area contributed by atoms with E-state index in [4.69, 9.17) is 11.6 Å². The van der Waals surface area contributed by atoms with Crippen LogP contribution < -0.4 is 10.2 Å². The highest BCUT2D eigenvalue weighted by Crippen LogP contribution is 2.43. The Kier molecular flexibility index (Phi) is 8.88. The standard InChI is InChI=1S/C25H41ClN2O/c1-7-8-9-10-11-12-16-28-17-14-21-18(2)20(13-15-26)19(3)22(23(21)28)27-24(29)25(4,5)6/h7-17H2,1-6H3,(H,27,29). The number of rotatable bonds is 10. The first-order valence-electron chi connectivity index (χ1n) is 11.5. The maximum Gasteiger partial charge on any atom is 0.229 e. The predicted molar refractivity (Wildman–Crippen MR) is 128 cm³/mol. The number of nitrogens with zero attached hydrogens (tertiary/aromatic N) is 1. The van der Waals surface area contributed by atoms with Crippen LogP contribution >= 0.6 is 11.6 Å². The van der Waals surface area contributed by atoms with Crippen LogP contribution in [0.3, 0.4) is 0 Å². The summed E-state index contributed by atoms with van der Waals surface area (Å²) in [5.74, 6) is 0.684. The van der Waals surface area contributed by atoms with Crippen LogP contribution in [0.1, 0.15) is 88.5 Å². The van der Waals surface area contributed by atoms with E-state index in [1.807, 2.05) is 20.8 Å². The van der Waals surface area contributed by atoms with Crippen molar-refractivity contribution in [3.05, 3.63) is 22.3 Å². The normalized spacial score (nSPS) is 13.7. The van der Waals surface area contributed by atoms with Gasteiger partial charge in [-0.05, 0) is 55.4 Å². The van der Waals surface area contributed by atoms with Gasteiger partial charge in [-0.1, -0.05) is 59.8 Å². The van der Waals surface area contributed by atoms with Gasteiger partial charge in [0.2, 0.25) is 5.91 Å². The Morgan fingerprint density at radius 3 is 2.34 bits per heavy atom. The summed E-state index contributed by atoms with van der Waals surface area (Å²) in [7, 11) is 0. The zero-order valence-corrected chi connectivity index (χ0v) is 20.3. The zero-order valence-electron chi connectivity index (χ0n) is 19.5. The second-order valence-corrected chi connectivity index (χ2v) is 9.96. The summed E-state index contributed by atoms with van der Waals surface area (Å²) in [6.07, 6.45) is 9.73. The number of amides is 1. The van der Waals surface area contributed by atoms with Gasteiger partial charge in [-0.3, -0.25) is 4.79 Å². The molecule has 1 N–H and O–H groups in total. The fourth-order valence-corrected chi connectivity index (χ4v) is 4.55. The number of hydrogen-bond acceptors (Lipinski definition) is 2. The van der Waals surface area contributed by atoms with E-state index in [1.54, 1.807) is 0 Å². The van der Waals surface area contributed by atoms with Crippen LogP contribution in [0.15, 0.2) is 0 Å². The third kappa shape index (κ3) is 5.90. The van der Waals surface area contributed by atoms with Crippen molar-refractivity contribution in [2.75, 3.05) is 29.2 Å². The maximum absolute atomic E-state index is 12.9. The van der Waals surface area contributed by atoms with Crippen LogP contribution in [0, 0.1) is 19.3 Å². The van der Waals surface area contributed by atoms with E-state index in [1.165, 1.54) is 66.5 Å². The van der Waals surface area contributed by atoms with Gasteiger partial charge in [0.05, 0.1) is 11.4 Å². The Morgan fingerprint density at radius 1 is 1.07 bits per heavy atom. The molecule has 3 nitrogen and oxygen atoms in total. The highest BCUT2D eigenvalue weighted by molar-refractivity contribution is 6.18. The fourth-order valence-electron chi connectivity index (χ4n) is 4.36. The minimum atomic E-state index is -0.417. The molecule has 1 aliphatic heterocycles. The number of hydrogen-bond donors (Lipinski definition) is 1. The molecule has 29 heavy (non-hydrogen) atoms. The van der Waals surface area contributed by atoms with Crippen LogP contribution in [0.5, 0.6) is 0 Å². The van der Waals surface area contributed by atoms with Crippen molar-refractivity contribution in [3.63, 3.8) is 0 Å². The molecule has 0 spiro atoms. The molecule has 0 fully saturated rings. The van der Waals surface area contributed by atoms with Crippen molar-refractivity contribution < 1.29 is 4.79 Å². The summed E-state index contributed by atoms with van der Waals surface area (Å²) in [4.78, 5) is 15.4. The maximum atomic E-state index is 12.9. The second kappa shape index (κ2) is 10.7. The molecular weight excluding hydrogens is 380 g/mol. The number of fused-ring (bicyclic) bond motifs is 1. The summed E-state index contributed by atoms with van der Waals surface area (Å²) >= 11 is 6.11. The molecule has 0 bridgehead atoms. The van der Waals surface area contributed by atoms with Crippen molar-refractivity contribution in [1.29, 1.82) is 0 Å². The second-order valence-electron chi connectivity index (χ2n) is 9.58. The van der Waals surface area contributed by atoms with E-state index in [-0.39, 0.29) is 5.91 Å². The van der Waals surface area contributed by atoms with Crippen molar-refractivity contribution >= 4 is 28.9 Å². The number of anilines is 2. The largest absolute Gasteiger partial charge is 0.369 e. The Morgan fingerprint density at radius 2 is 1.72 bits per heavy atom. The molecule has 0 saturated carbocycles. The smallest absolute Gasteiger partial charge is 0.229 e. The van der Waals surface area contributed by atoms with Gasteiger partial charge in [-0.25, -0.2) is 0 Å². The lowest BCUT2D eigenvalue weighted by molar-refractivity contribution is -0.123. The van der Waals surface area contributed by atoms with Gasteiger partial charge >= 0.3 is 0 Å². The van der Waals surface area contributed by atoms with Gasteiger partial charge < -0.3 is 10.2 Å². The number of unbranched alkanes of at least 4 members (excludes halogenated alkanes) is 5. The van der Waals surface area contributed by atoms with Gasteiger partial charge in [0.1, 0.15) is 0 Å². The summed E-state index contributed by atoms with van der Waals surface area (Å²) in [5.41, 5.74) is 7.15. The van der Waals surface area contributed by atoms with E-state index in [9.17, 15) is 4.79 Å². The summed E-state index contributed by atoms with van der Waals surface area (Å²) in [6.45, 7) is 14.7. The van der Waals surface area contributed by atoms with E-state index in [0.29, 0.717) is 5.88 Å². The Balaban J connectivity index is 2.30. The molecule has 1 heterocycles. The molecular formula is C25H41ClN2O. The van der Waals surface area contributed by atoms with E-state index in [2.05, 4.69) is 31.0 Å². The molecule has 1 aromatic rings. The first-order chi connectivity index (χ1) is 13.7. The third-order valence-electron chi connectivity index (χ3n) is 6.25. The molecule has 164 valence electrons. The number of nitrogens with one attached hydrogen (secondary N) is 1. The lowest BCUT2D eigenvalue weighted by atomic mass is 9.90. The van der Waals surface area contributed by atoms with Crippen LogP contribution in [-0.4, -0.2) is 24.9 Å². The van der Waals surface area contributed by atoms with E-state index >= 15 is 0 Å². The van der Waals surface area contributed by atoms with E-state index < -0.39 is 5.41 Å². The summed E-state index contributed by atoms with van der Waals surface area (Å²) in [6, 6.07) is 0. The van der Waals surface area contributed by atoms with Gasteiger partial charge in [0, 0.05) is 24.4 Å². The van der Waals surface area contributed by atoms with Crippen LogP contribution in [0.25, 0.3) is 0 Å². The molecule has 0 aliphatic carbocycles. The molecule has 1 amide bonds. The third-order valence-corrected chi connectivity index (χ3v) is 6.44. The quantitative estimate of drug-likeness (QED) is 0.333. The Bertz CT molecular complexity index is 706. The number of carbonyl (C=O) groups is 1. The van der Waals surface area contributed by atoms with Crippen molar-refractivity contribution in [2.45, 2.75) is 92.9 Å². The van der Waals surface area contributed by atoms with Crippen molar-refractivity contribution in [2.24, 2.45) is 5.41 Å². The molecule has 0 saturated heterocycles. The number of benzene rings is 1. The SMILES string of the molecule is CCCCCCCCN1CCc2c(C)c(CCCl)c(C)c(NC(=O)C(C)(C)C)c21. The van der Waals surface area contributed by atoms with E-state index in [0.717, 1.165) is 31.6 Å². The summed E-state index contributed by atoms with van der Waals surface area (Å²) < 4.78 is 0. The number of alkyl halides is 1. The highest BCUT2D eigenvalue weighted by atomic mass is 35.5. The molecule has 0 unspecified atom stereocenters. The summed E-state index contributed by atoms with van der Waals surface area (Å²) in [5, 5.41) is 3.30. The fraction of sp³-hybridized carbons (Fsp3) is 0.720. The van der Waals surface area contributed by atoms with Gasteiger partial charge in [-0.15, -0.1) is 11.6 Å². The molecule has 1 aliphatic rings. The Labute approximate surface area is 183 Å². The minimum absolute atomic E-state index is 0.0786. The first kappa shape index (κ1) is 24.1. The highest BCUT2D eigenvalue weighted by Gasteiger charge is 2.30. The van der Waals surface area contributed by atoms with Gasteiger partial charge in [0.25, 0.3) is 0 Å². The molecule has 0 atom stereocenters. The van der Waals surface area contributed by atoms with Crippen LogP contribution in [0.4, 0.5) is 11.4 Å². The number of halogens is 1. The first-order valence-corrected chi connectivity index (χ1v) is 12.0. The zero-order chi connectivity index (χ0) is 21.6. The average molecular weight is 421 g/mol. The van der Waals surface area contributed by atoms with Crippen molar-refractivity contribution in [1.82, 2.24) is 0 Å². The molecule has 0 radical (unpaired) electrons. The van der Waals surface area contributed by atoms with Gasteiger partial charge in [-0.2, -0.15) is 0 Å². The predicted octanol–water partition coefficient (Wildman–Crippen LogP) is 6.79. The lowest BCUT2D eigenvalue weighted by Gasteiger charge is -2.28. The Hall–Kier alpha value is -1.22. The molecule has 0 aromatic heterocycles. The van der Waals surface area contributed by atoms with Crippen LogP contribution in [0.2, 0.25) is 0 Å². The monoisotopic (exact) mass is 420 g/mol. The molecule has 1 aromatic carbocycles. The van der Waals surface area contributed by atoms with Crippen LogP contribution in [-0.2, 0) is 17.6 Å². The lowest BCUT2D eigenvalue weighted by Crippen LogP contribution is -2.30.